The minimum Gasteiger partial charge on any atom is -0.352 e. The molecular weight excluding hydrogens is 460 g/mol. The van der Waals surface area contributed by atoms with Gasteiger partial charge < -0.3 is 5.32 Å². The van der Waals surface area contributed by atoms with Crippen molar-refractivity contribution in [3.63, 3.8) is 0 Å². The molecule has 2 amide bonds. The first-order valence-electron chi connectivity index (χ1n) is 10.3. The van der Waals surface area contributed by atoms with E-state index in [1.165, 1.54) is 11.8 Å². The number of hydrogen-bond acceptors (Lipinski definition) is 3. The third-order valence-corrected chi connectivity index (χ3v) is 7.23. The SMILES string of the molecule is CC1CCC(NC(=O)CN2C(=O)C(=Cc3cccc(Br)c3)Sc3ccccc32)CC1. The van der Waals surface area contributed by atoms with Crippen LogP contribution in [-0.2, 0) is 9.59 Å². The van der Waals surface area contributed by atoms with Crippen LogP contribution in [0.5, 0.6) is 0 Å². The zero-order chi connectivity index (χ0) is 21.1. The van der Waals surface area contributed by atoms with E-state index >= 15 is 0 Å². The number of carbonyl (C=O) groups excluding carboxylic acids is 2. The second kappa shape index (κ2) is 9.40. The third-order valence-electron chi connectivity index (χ3n) is 5.66. The van der Waals surface area contributed by atoms with Gasteiger partial charge >= 0.3 is 0 Å². The molecule has 1 heterocycles. The van der Waals surface area contributed by atoms with Gasteiger partial charge in [-0.25, -0.2) is 0 Å². The van der Waals surface area contributed by atoms with Crippen LogP contribution in [0.3, 0.4) is 0 Å². The number of benzene rings is 2. The molecule has 1 fully saturated rings. The van der Waals surface area contributed by atoms with Gasteiger partial charge in [0, 0.05) is 15.4 Å². The molecule has 4 rings (SSSR count). The Hall–Kier alpha value is -2.05. The van der Waals surface area contributed by atoms with E-state index in [4.69, 9.17) is 0 Å². The molecule has 2 aromatic carbocycles. The van der Waals surface area contributed by atoms with E-state index in [-0.39, 0.29) is 24.4 Å². The molecule has 6 heteroatoms. The lowest BCUT2D eigenvalue weighted by Crippen LogP contribution is -2.46. The molecule has 156 valence electrons. The van der Waals surface area contributed by atoms with Gasteiger partial charge in [-0.3, -0.25) is 14.5 Å². The minimum absolute atomic E-state index is 0.0400. The van der Waals surface area contributed by atoms with Crippen LogP contribution in [0, 0.1) is 5.92 Å². The van der Waals surface area contributed by atoms with E-state index in [2.05, 4.69) is 28.2 Å². The lowest BCUT2D eigenvalue weighted by Gasteiger charge is -2.31. The highest BCUT2D eigenvalue weighted by molar-refractivity contribution is 9.10. The van der Waals surface area contributed by atoms with Gasteiger partial charge in [0.25, 0.3) is 5.91 Å². The maximum Gasteiger partial charge on any atom is 0.265 e. The van der Waals surface area contributed by atoms with Gasteiger partial charge in [0.15, 0.2) is 0 Å². The average molecular weight is 485 g/mol. The number of anilines is 1. The number of amides is 2. The highest BCUT2D eigenvalue weighted by Gasteiger charge is 2.31. The molecule has 0 atom stereocenters. The van der Waals surface area contributed by atoms with Crippen molar-refractivity contribution in [2.24, 2.45) is 5.92 Å². The van der Waals surface area contributed by atoms with Gasteiger partial charge in [-0.05, 0) is 67.5 Å². The minimum atomic E-state index is -0.133. The predicted octanol–water partition coefficient (Wildman–Crippen LogP) is 5.62. The van der Waals surface area contributed by atoms with Crippen LogP contribution >= 0.6 is 27.7 Å². The molecular formula is C24H25BrN2O2S. The summed E-state index contributed by atoms with van der Waals surface area (Å²) < 4.78 is 0.962. The molecule has 0 radical (unpaired) electrons. The Labute approximate surface area is 190 Å². The molecule has 1 saturated carbocycles. The molecule has 1 N–H and O–H groups in total. The number of fused-ring (bicyclic) bond motifs is 1. The van der Waals surface area contributed by atoms with E-state index < -0.39 is 0 Å². The summed E-state index contributed by atoms with van der Waals surface area (Å²) in [5.74, 6) is 0.508. The van der Waals surface area contributed by atoms with Gasteiger partial charge in [0.2, 0.25) is 5.91 Å². The maximum absolute atomic E-state index is 13.3. The maximum atomic E-state index is 13.3. The van der Waals surface area contributed by atoms with Gasteiger partial charge in [-0.2, -0.15) is 0 Å². The van der Waals surface area contributed by atoms with Gasteiger partial charge in [-0.1, -0.05) is 58.9 Å². The lowest BCUT2D eigenvalue weighted by atomic mass is 9.87. The van der Waals surface area contributed by atoms with Crippen molar-refractivity contribution < 1.29 is 9.59 Å². The fourth-order valence-corrected chi connectivity index (χ4v) is 5.46. The number of carbonyl (C=O) groups is 2. The van der Waals surface area contributed by atoms with E-state index in [1.54, 1.807) is 4.90 Å². The Bertz CT molecular complexity index is 983. The largest absolute Gasteiger partial charge is 0.352 e. The van der Waals surface area contributed by atoms with Crippen LogP contribution in [0.2, 0.25) is 0 Å². The van der Waals surface area contributed by atoms with E-state index in [1.807, 2.05) is 54.6 Å². The van der Waals surface area contributed by atoms with Crippen LogP contribution in [0.4, 0.5) is 5.69 Å². The third kappa shape index (κ3) is 4.98. The van der Waals surface area contributed by atoms with Crippen molar-refractivity contribution in [3.8, 4) is 0 Å². The van der Waals surface area contributed by atoms with E-state index in [9.17, 15) is 9.59 Å². The van der Waals surface area contributed by atoms with Crippen molar-refractivity contribution >= 4 is 51.3 Å². The van der Waals surface area contributed by atoms with Crippen LogP contribution in [0.25, 0.3) is 6.08 Å². The molecule has 0 unspecified atom stereocenters. The fraction of sp³-hybridized carbons (Fsp3) is 0.333. The summed E-state index contributed by atoms with van der Waals surface area (Å²) in [6.45, 7) is 2.30. The summed E-state index contributed by atoms with van der Waals surface area (Å²) in [5.41, 5.74) is 1.74. The van der Waals surface area contributed by atoms with Crippen LogP contribution < -0.4 is 10.2 Å². The zero-order valence-corrected chi connectivity index (χ0v) is 19.3. The first-order valence-corrected chi connectivity index (χ1v) is 12.0. The standard InChI is InChI=1S/C24H25BrN2O2S/c1-16-9-11-19(12-10-16)26-23(28)15-27-20-7-2-3-8-21(20)30-22(24(27)29)14-17-5-4-6-18(25)13-17/h2-8,13-14,16,19H,9-12,15H2,1H3,(H,26,28). The molecule has 0 aromatic heterocycles. The Balaban J connectivity index is 1.55. The topological polar surface area (TPSA) is 49.4 Å². The van der Waals surface area contributed by atoms with Crippen LogP contribution in [0.15, 0.2) is 62.8 Å². The van der Waals surface area contributed by atoms with Gasteiger partial charge in [-0.15, -0.1) is 0 Å². The number of halogens is 1. The van der Waals surface area contributed by atoms with Crippen LogP contribution in [0.1, 0.15) is 38.2 Å². The molecule has 0 spiro atoms. The Morgan fingerprint density at radius 1 is 1.17 bits per heavy atom. The number of nitrogens with zero attached hydrogens (tertiary/aromatic N) is 1. The smallest absolute Gasteiger partial charge is 0.265 e. The summed E-state index contributed by atoms with van der Waals surface area (Å²) in [4.78, 5) is 29.3. The summed E-state index contributed by atoms with van der Waals surface area (Å²) >= 11 is 4.93. The van der Waals surface area contributed by atoms with Crippen LogP contribution in [-0.4, -0.2) is 24.4 Å². The molecule has 2 aromatic rings. The van der Waals surface area contributed by atoms with E-state index in [0.717, 1.165) is 52.2 Å². The second-order valence-corrected chi connectivity index (χ2v) is 10.0. The highest BCUT2D eigenvalue weighted by Crippen LogP contribution is 2.42. The average Bonchev–Trinajstić information content (AvgIpc) is 2.73. The Morgan fingerprint density at radius 2 is 1.93 bits per heavy atom. The van der Waals surface area contributed by atoms with Gasteiger partial charge in [0.1, 0.15) is 6.54 Å². The summed E-state index contributed by atoms with van der Waals surface area (Å²) in [7, 11) is 0. The molecule has 1 aliphatic carbocycles. The molecule has 0 saturated heterocycles. The molecule has 30 heavy (non-hydrogen) atoms. The Morgan fingerprint density at radius 3 is 2.70 bits per heavy atom. The van der Waals surface area contributed by atoms with Crippen molar-refractivity contribution in [2.75, 3.05) is 11.4 Å². The monoisotopic (exact) mass is 484 g/mol. The summed E-state index contributed by atoms with van der Waals surface area (Å²) in [5, 5.41) is 3.14. The lowest BCUT2D eigenvalue weighted by molar-refractivity contribution is -0.123. The quantitative estimate of drug-likeness (QED) is 0.572. The van der Waals surface area contributed by atoms with Crippen molar-refractivity contribution in [1.82, 2.24) is 5.32 Å². The molecule has 2 aliphatic rings. The second-order valence-electron chi connectivity index (χ2n) is 8.05. The molecule has 4 nitrogen and oxygen atoms in total. The van der Waals surface area contributed by atoms with Crippen molar-refractivity contribution in [2.45, 2.75) is 43.5 Å². The number of hydrogen-bond donors (Lipinski definition) is 1. The molecule has 1 aliphatic heterocycles. The zero-order valence-electron chi connectivity index (χ0n) is 16.9. The summed E-state index contributed by atoms with van der Waals surface area (Å²) in [6, 6.07) is 15.8. The van der Waals surface area contributed by atoms with Gasteiger partial charge in [0.05, 0.1) is 10.6 Å². The number of nitrogens with one attached hydrogen (secondary N) is 1. The molecule has 0 bridgehead atoms. The summed E-state index contributed by atoms with van der Waals surface area (Å²) in [6.07, 6.45) is 6.21. The first-order chi connectivity index (χ1) is 14.5. The predicted molar refractivity (Wildman–Crippen MR) is 126 cm³/mol. The van der Waals surface area contributed by atoms with E-state index in [0.29, 0.717) is 4.91 Å². The number of rotatable bonds is 4. The fourth-order valence-electron chi connectivity index (χ4n) is 3.99. The Kier molecular flexibility index (Phi) is 6.64. The first kappa shape index (κ1) is 21.2. The number of para-hydroxylation sites is 1. The highest BCUT2D eigenvalue weighted by atomic mass is 79.9. The van der Waals surface area contributed by atoms with Crippen molar-refractivity contribution in [3.05, 3.63) is 63.5 Å². The normalized spacial score (nSPS) is 22.7. The van der Waals surface area contributed by atoms with Crippen molar-refractivity contribution in [1.29, 1.82) is 0 Å². The number of thioether (sulfide) groups is 1.